The predicted molar refractivity (Wildman–Crippen MR) is 109 cm³/mol. The molecule has 2 heterocycles. The highest BCUT2D eigenvalue weighted by atomic mass is 32.2. The molecule has 0 radical (unpaired) electrons. The van der Waals surface area contributed by atoms with Crippen LogP contribution < -0.4 is 10.7 Å². The van der Waals surface area contributed by atoms with Crippen molar-refractivity contribution in [2.45, 2.75) is 32.9 Å². The molecular weight excluding hydrogens is 336 g/mol. The summed E-state index contributed by atoms with van der Waals surface area (Å²) >= 11 is 3.71. The summed E-state index contributed by atoms with van der Waals surface area (Å²) < 4.78 is 1.17. The number of thioether (sulfide) groups is 1. The number of fused-ring (bicyclic) bond motifs is 2. The van der Waals surface area contributed by atoms with E-state index in [2.05, 4.69) is 43.1 Å². The van der Waals surface area contributed by atoms with Gasteiger partial charge in [-0.25, -0.2) is 0 Å². The van der Waals surface area contributed by atoms with Crippen LogP contribution in [0.1, 0.15) is 29.9 Å². The lowest BCUT2D eigenvalue weighted by molar-refractivity contribution is 0.316. The molecule has 1 aromatic carbocycles. The van der Waals surface area contributed by atoms with Crippen LogP contribution in [0, 0.1) is 6.92 Å². The summed E-state index contributed by atoms with van der Waals surface area (Å²) in [6.07, 6.45) is 1.04. The minimum Gasteiger partial charge on any atom is -0.383 e. The number of likely N-dealkylation sites (N-methyl/N-ethyl adjacent to an activating group) is 1. The minimum absolute atomic E-state index is 0.250. The summed E-state index contributed by atoms with van der Waals surface area (Å²) in [4.78, 5) is 16.8. The van der Waals surface area contributed by atoms with Gasteiger partial charge in [0.05, 0.1) is 5.39 Å². The highest BCUT2D eigenvalue weighted by molar-refractivity contribution is 7.98. The summed E-state index contributed by atoms with van der Waals surface area (Å²) in [5.74, 6) is 2.00. The second-order valence-corrected chi connectivity index (χ2v) is 8.43. The molecule has 1 aromatic heterocycles. The molecule has 0 saturated heterocycles. The van der Waals surface area contributed by atoms with Gasteiger partial charge in [-0.3, -0.25) is 4.79 Å². The number of nitrogens with one attached hydrogen (secondary N) is 1. The molecule has 0 spiro atoms. The summed E-state index contributed by atoms with van der Waals surface area (Å²) in [5.41, 5.74) is 3.51. The molecule has 24 heavy (non-hydrogen) atoms. The Labute approximate surface area is 152 Å². The van der Waals surface area contributed by atoms with E-state index < -0.39 is 0 Å². The quantitative estimate of drug-likeness (QED) is 0.838. The van der Waals surface area contributed by atoms with Crippen LogP contribution in [0.15, 0.2) is 16.9 Å². The Morgan fingerprint density at radius 2 is 2.04 bits per heavy atom. The van der Waals surface area contributed by atoms with E-state index in [0.29, 0.717) is 0 Å². The number of anilines is 1. The molecule has 5 heteroatoms. The Kier molecular flexibility index (Phi) is 5.85. The minimum atomic E-state index is 0.250. The van der Waals surface area contributed by atoms with Crippen molar-refractivity contribution in [3.05, 3.63) is 38.4 Å². The van der Waals surface area contributed by atoms with Gasteiger partial charge in [0.1, 0.15) is 0 Å². The van der Waals surface area contributed by atoms with E-state index in [4.69, 9.17) is 0 Å². The number of nitrogens with zero attached hydrogens (tertiary/aromatic N) is 1. The van der Waals surface area contributed by atoms with Gasteiger partial charge in [0.25, 0.3) is 0 Å². The van der Waals surface area contributed by atoms with Crippen LogP contribution in [0.5, 0.6) is 0 Å². The number of rotatable bonds is 6. The smallest absolute Gasteiger partial charge is 0.194 e. The van der Waals surface area contributed by atoms with Gasteiger partial charge < -0.3 is 10.2 Å². The first kappa shape index (κ1) is 17.8. The summed E-state index contributed by atoms with van der Waals surface area (Å²) in [6, 6.07) is 4.22. The zero-order valence-corrected chi connectivity index (χ0v) is 16.4. The number of benzene rings is 1. The van der Waals surface area contributed by atoms with E-state index in [0.717, 1.165) is 60.7 Å². The fourth-order valence-electron chi connectivity index (χ4n) is 3.23. The van der Waals surface area contributed by atoms with Gasteiger partial charge in [-0.1, -0.05) is 19.9 Å². The van der Waals surface area contributed by atoms with E-state index in [1.165, 1.54) is 15.1 Å². The average molecular weight is 363 g/mol. The van der Waals surface area contributed by atoms with Crippen LogP contribution in [0.4, 0.5) is 5.69 Å². The largest absolute Gasteiger partial charge is 0.383 e. The number of hydrogen-bond acceptors (Lipinski definition) is 5. The third-order valence-electron chi connectivity index (χ3n) is 4.78. The number of hydrogen-bond donors (Lipinski definition) is 1. The van der Waals surface area contributed by atoms with Crippen molar-refractivity contribution < 1.29 is 0 Å². The molecule has 130 valence electrons. The second kappa shape index (κ2) is 7.89. The highest BCUT2D eigenvalue weighted by Gasteiger charge is 2.19. The van der Waals surface area contributed by atoms with Gasteiger partial charge in [0.2, 0.25) is 0 Å². The van der Waals surface area contributed by atoms with E-state index in [1.54, 1.807) is 0 Å². The second-order valence-electron chi connectivity index (χ2n) is 6.22. The monoisotopic (exact) mass is 362 g/mol. The molecule has 3 nitrogen and oxygen atoms in total. The van der Waals surface area contributed by atoms with Crippen LogP contribution in [0.25, 0.3) is 10.1 Å². The molecule has 1 N–H and O–H groups in total. The summed E-state index contributed by atoms with van der Waals surface area (Å²) in [5, 5.41) is 4.42. The molecule has 0 aliphatic carbocycles. The highest BCUT2D eigenvalue weighted by Crippen LogP contribution is 2.34. The fourth-order valence-corrected chi connectivity index (χ4v) is 5.72. The van der Waals surface area contributed by atoms with Gasteiger partial charge in [0, 0.05) is 39.7 Å². The number of aryl methyl sites for hydroxylation is 2. The van der Waals surface area contributed by atoms with Gasteiger partial charge >= 0.3 is 0 Å². The lowest BCUT2D eigenvalue weighted by Gasteiger charge is -2.20. The van der Waals surface area contributed by atoms with Crippen LogP contribution in [-0.4, -0.2) is 36.8 Å². The molecule has 0 atom stereocenters. The van der Waals surface area contributed by atoms with Gasteiger partial charge in [-0.2, -0.15) is 11.8 Å². The van der Waals surface area contributed by atoms with E-state index >= 15 is 0 Å². The first-order valence-corrected chi connectivity index (χ1v) is 10.7. The van der Waals surface area contributed by atoms with Crippen molar-refractivity contribution in [1.82, 2.24) is 4.90 Å². The maximum atomic E-state index is 13.1. The van der Waals surface area contributed by atoms with E-state index in [1.807, 2.05) is 23.1 Å². The molecule has 0 bridgehead atoms. The third kappa shape index (κ3) is 3.48. The van der Waals surface area contributed by atoms with Crippen molar-refractivity contribution >= 4 is 38.9 Å². The Balaban J connectivity index is 1.97. The predicted octanol–water partition coefficient (Wildman–Crippen LogP) is 4.11. The van der Waals surface area contributed by atoms with Crippen LogP contribution in [0.3, 0.4) is 0 Å². The molecule has 3 rings (SSSR count). The first-order chi connectivity index (χ1) is 11.7. The fraction of sp³-hybridized carbons (Fsp3) is 0.526. The van der Waals surface area contributed by atoms with Gasteiger partial charge in [0.15, 0.2) is 5.43 Å². The van der Waals surface area contributed by atoms with Crippen LogP contribution >= 0.6 is 23.1 Å². The molecule has 1 aliphatic rings. The maximum Gasteiger partial charge on any atom is 0.194 e. The molecular formula is C19H26N2OS2. The first-order valence-electron chi connectivity index (χ1n) is 8.77. The van der Waals surface area contributed by atoms with Crippen LogP contribution in [0.2, 0.25) is 0 Å². The van der Waals surface area contributed by atoms with E-state index in [-0.39, 0.29) is 5.43 Å². The normalized spacial score (nSPS) is 14.2. The average Bonchev–Trinajstić information content (AvgIpc) is 2.61. The van der Waals surface area contributed by atoms with Crippen molar-refractivity contribution in [3.8, 4) is 0 Å². The molecule has 1 aliphatic heterocycles. The van der Waals surface area contributed by atoms with Crippen molar-refractivity contribution in [3.63, 3.8) is 0 Å². The molecule has 0 unspecified atom stereocenters. The Hall–Kier alpha value is -1.04. The third-order valence-corrected chi connectivity index (χ3v) is 7.19. The Morgan fingerprint density at radius 3 is 2.79 bits per heavy atom. The van der Waals surface area contributed by atoms with Crippen molar-refractivity contribution in [1.29, 1.82) is 0 Å². The molecule has 0 saturated carbocycles. The molecule has 2 aromatic rings. The zero-order valence-electron chi connectivity index (χ0n) is 14.8. The van der Waals surface area contributed by atoms with Crippen molar-refractivity contribution in [2.24, 2.45) is 0 Å². The Bertz CT molecular complexity index is 781. The summed E-state index contributed by atoms with van der Waals surface area (Å²) in [6.45, 7) is 10.5. The van der Waals surface area contributed by atoms with Crippen molar-refractivity contribution in [2.75, 3.05) is 37.2 Å². The standard InChI is InChI=1S/C19H26N2OS2/c1-4-21(5-2)10-9-20-15-7-6-13(3)19-17(15)18(22)14-12-23-11-8-16(14)24-19/h6-7,20H,4-5,8-12H2,1-3H3. The Morgan fingerprint density at radius 1 is 1.25 bits per heavy atom. The SMILES string of the molecule is CCN(CC)CCNc1ccc(C)c2sc3c(c(=O)c12)CSCC3. The lowest BCUT2D eigenvalue weighted by atomic mass is 10.1. The van der Waals surface area contributed by atoms with Crippen LogP contribution in [-0.2, 0) is 12.2 Å². The lowest BCUT2D eigenvalue weighted by Crippen LogP contribution is -2.28. The molecule has 0 amide bonds. The molecule has 0 fully saturated rings. The topological polar surface area (TPSA) is 32.3 Å². The van der Waals surface area contributed by atoms with Gasteiger partial charge in [-0.05, 0) is 43.8 Å². The maximum absolute atomic E-state index is 13.1. The van der Waals surface area contributed by atoms with E-state index in [9.17, 15) is 4.79 Å². The van der Waals surface area contributed by atoms with Gasteiger partial charge in [-0.15, -0.1) is 11.3 Å². The zero-order chi connectivity index (χ0) is 17.1. The summed E-state index contributed by atoms with van der Waals surface area (Å²) in [7, 11) is 0.